The van der Waals surface area contributed by atoms with Crippen LogP contribution in [0.4, 0.5) is 18.9 Å². The molecule has 2 N–H and O–H groups in total. The van der Waals surface area contributed by atoms with Gasteiger partial charge in [-0.2, -0.15) is 13.2 Å². The summed E-state index contributed by atoms with van der Waals surface area (Å²) in [5, 5.41) is 2.43. The molecule has 1 atom stereocenters. The number of carbonyl (C=O) groups is 1. The van der Waals surface area contributed by atoms with Crippen molar-refractivity contribution in [3.05, 3.63) is 29.8 Å². The number of hydrogen-bond acceptors (Lipinski definition) is 1. The fourth-order valence-electron chi connectivity index (χ4n) is 2.70. The van der Waals surface area contributed by atoms with E-state index in [0.717, 1.165) is 43.3 Å². The fraction of sp³-hybridized carbons (Fsp3) is 0.533. The van der Waals surface area contributed by atoms with Crippen LogP contribution in [0.5, 0.6) is 0 Å². The van der Waals surface area contributed by atoms with Crippen molar-refractivity contribution in [1.29, 1.82) is 0 Å². The van der Waals surface area contributed by atoms with Crippen LogP contribution in [-0.4, -0.2) is 25.0 Å². The third kappa shape index (κ3) is 3.97. The quantitative estimate of drug-likeness (QED) is 0.881. The van der Waals surface area contributed by atoms with Gasteiger partial charge in [-0.15, -0.1) is 0 Å². The molecule has 0 unspecified atom stereocenters. The topological polar surface area (TPSA) is 33.5 Å². The number of piperidine rings is 1. The Morgan fingerprint density at radius 1 is 1.19 bits per heavy atom. The zero-order valence-corrected chi connectivity index (χ0v) is 12.0. The van der Waals surface area contributed by atoms with Crippen molar-refractivity contribution in [2.45, 2.75) is 38.4 Å². The van der Waals surface area contributed by atoms with E-state index in [1.54, 1.807) is 6.92 Å². The minimum atomic E-state index is -4.47. The summed E-state index contributed by atoms with van der Waals surface area (Å²) >= 11 is 0. The number of rotatable bonds is 3. The number of para-hydroxylation sites is 1. The number of halogens is 3. The Morgan fingerprint density at radius 2 is 1.81 bits per heavy atom. The molecule has 1 aliphatic rings. The molecule has 1 aromatic carbocycles. The van der Waals surface area contributed by atoms with Gasteiger partial charge < -0.3 is 10.2 Å². The van der Waals surface area contributed by atoms with E-state index in [1.165, 1.54) is 18.2 Å². The number of hydrogen-bond donors (Lipinski definition) is 2. The maximum Gasteiger partial charge on any atom is 0.418 e. The van der Waals surface area contributed by atoms with Crippen LogP contribution in [0.2, 0.25) is 0 Å². The molecule has 1 saturated heterocycles. The van der Waals surface area contributed by atoms with E-state index in [-0.39, 0.29) is 17.6 Å². The predicted octanol–water partition coefficient (Wildman–Crippen LogP) is 2.10. The molecule has 0 bridgehead atoms. The largest absolute Gasteiger partial charge is 0.418 e. The van der Waals surface area contributed by atoms with Crippen LogP contribution in [0.15, 0.2) is 24.3 Å². The smallest absolute Gasteiger partial charge is 0.325 e. The van der Waals surface area contributed by atoms with Gasteiger partial charge in [0.15, 0.2) is 6.04 Å². The summed E-state index contributed by atoms with van der Waals surface area (Å²) in [7, 11) is 0. The lowest BCUT2D eigenvalue weighted by Gasteiger charge is -2.28. The SMILES string of the molecule is C[C@@H](C(=O)Nc1ccccc1C(F)(F)F)[NH+]1CCCCC1. The normalized spacial score (nSPS) is 18.3. The summed E-state index contributed by atoms with van der Waals surface area (Å²) in [5.41, 5.74) is -0.975. The molecule has 1 heterocycles. The molecule has 0 radical (unpaired) electrons. The molecular weight excluding hydrogens is 281 g/mol. The monoisotopic (exact) mass is 301 g/mol. The van der Waals surface area contributed by atoms with Crippen LogP contribution in [0.25, 0.3) is 0 Å². The molecule has 6 heteroatoms. The van der Waals surface area contributed by atoms with Crippen molar-refractivity contribution >= 4 is 11.6 Å². The Balaban J connectivity index is 2.09. The van der Waals surface area contributed by atoms with E-state index in [9.17, 15) is 18.0 Å². The molecule has 116 valence electrons. The molecule has 3 nitrogen and oxygen atoms in total. The molecule has 1 aromatic rings. The maximum absolute atomic E-state index is 12.9. The van der Waals surface area contributed by atoms with Gasteiger partial charge in [0.2, 0.25) is 0 Å². The number of amides is 1. The second-order valence-corrected chi connectivity index (χ2v) is 5.47. The zero-order chi connectivity index (χ0) is 15.5. The Bertz CT molecular complexity index is 496. The molecule has 1 aliphatic heterocycles. The van der Waals surface area contributed by atoms with Gasteiger partial charge in [0.05, 0.1) is 24.3 Å². The molecule has 0 spiro atoms. The first-order valence-electron chi connectivity index (χ1n) is 7.21. The average Bonchev–Trinajstić information content (AvgIpc) is 2.47. The molecule has 0 aliphatic carbocycles. The van der Waals surface area contributed by atoms with E-state index < -0.39 is 11.7 Å². The highest BCUT2D eigenvalue weighted by molar-refractivity contribution is 5.94. The van der Waals surface area contributed by atoms with Crippen LogP contribution in [0.3, 0.4) is 0 Å². The molecular formula is C15H20F3N2O+. The minimum absolute atomic E-state index is 0.168. The van der Waals surface area contributed by atoms with E-state index in [4.69, 9.17) is 0 Å². The Kier molecular flexibility index (Phi) is 4.88. The summed E-state index contributed by atoms with van der Waals surface area (Å²) in [4.78, 5) is 13.3. The van der Waals surface area contributed by atoms with Crippen LogP contribution in [-0.2, 0) is 11.0 Å². The molecule has 1 amide bonds. The van der Waals surface area contributed by atoms with Crippen molar-refractivity contribution in [1.82, 2.24) is 0 Å². The van der Waals surface area contributed by atoms with Gasteiger partial charge in [-0.25, -0.2) is 0 Å². The van der Waals surface area contributed by atoms with Crippen molar-refractivity contribution < 1.29 is 22.9 Å². The van der Waals surface area contributed by atoms with E-state index in [1.807, 2.05) is 0 Å². The van der Waals surface area contributed by atoms with Crippen molar-refractivity contribution in [2.75, 3.05) is 18.4 Å². The van der Waals surface area contributed by atoms with Gasteiger partial charge in [0.1, 0.15) is 0 Å². The van der Waals surface area contributed by atoms with Gasteiger partial charge in [-0.3, -0.25) is 4.79 Å². The van der Waals surface area contributed by atoms with Gasteiger partial charge in [-0.1, -0.05) is 12.1 Å². The van der Waals surface area contributed by atoms with E-state index in [2.05, 4.69) is 5.32 Å². The fourth-order valence-corrected chi connectivity index (χ4v) is 2.70. The second kappa shape index (κ2) is 6.47. The highest BCUT2D eigenvalue weighted by Crippen LogP contribution is 2.34. The van der Waals surface area contributed by atoms with Crippen LogP contribution < -0.4 is 10.2 Å². The van der Waals surface area contributed by atoms with E-state index >= 15 is 0 Å². The Hall–Kier alpha value is -1.56. The Morgan fingerprint density at radius 3 is 2.43 bits per heavy atom. The van der Waals surface area contributed by atoms with Gasteiger partial charge in [-0.05, 0) is 38.3 Å². The lowest BCUT2D eigenvalue weighted by atomic mass is 10.1. The highest BCUT2D eigenvalue weighted by atomic mass is 19.4. The number of likely N-dealkylation sites (tertiary alicyclic amines) is 1. The molecule has 21 heavy (non-hydrogen) atoms. The van der Waals surface area contributed by atoms with E-state index in [0.29, 0.717) is 0 Å². The number of quaternary nitrogens is 1. The third-order valence-electron chi connectivity index (χ3n) is 3.99. The lowest BCUT2D eigenvalue weighted by Crippen LogP contribution is -3.17. The summed E-state index contributed by atoms with van der Waals surface area (Å²) in [6.45, 7) is 3.57. The first-order valence-corrected chi connectivity index (χ1v) is 7.21. The number of nitrogens with one attached hydrogen (secondary N) is 2. The summed E-state index contributed by atoms with van der Waals surface area (Å²) in [5.74, 6) is -0.358. The Labute approximate surface area is 122 Å². The minimum Gasteiger partial charge on any atom is -0.325 e. The van der Waals surface area contributed by atoms with Crippen LogP contribution in [0.1, 0.15) is 31.7 Å². The summed E-state index contributed by atoms with van der Waals surface area (Å²) in [6, 6.07) is 4.74. The van der Waals surface area contributed by atoms with Gasteiger partial charge >= 0.3 is 6.18 Å². The number of carbonyl (C=O) groups excluding carboxylic acids is 1. The van der Waals surface area contributed by atoms with Crippen LogP contribution >= 0.6 is 0 Å². The van der Waals surface area contributed by atoms with Gasteiger partial charge in [0, 0.05) is 0 Å². The molecule has 0 saturated carbocycles. The van der Waals surface area contributed by atoms with Crippen molar-refractivity contribution in [3.8, 4) is 0 Å². The van der Waals surface area contributed by atoms with Crippen molar-refractivity contribution in [3.63, 3.8) is 0 Å². The number of alkyl halides is 3. The molecule has 0 aromatic heterocycles. The third-order valence-corrected chi connectivity index (χ3v) is 3.99. The lowest BCUT2D eigenvalue weighted by molar-refractivity contribution is -0.918. The van der Waals surface area contributed by atoms with Crippen molar-refractivity contribution in [2.24, 2.45) is 0 Å². The van der Waals surface area contributed by atoms with Crippen LogP contribution in [0, 0.1) is 0 Å². The highest BCUT2D eigenvalue weighted by Gasteiger charge is 2.34. The molecule has 1 fully saturated rings. The maximum atomic E-state index is 12.9. The summed E-state index contributed by atoms with van der Waals surface area (Å²) < 4.78 is 38.7. The predicted molar refractivity (Wildman–Crippen MR) is 74.1 cm³/mol. The first-order chi connectivity index (χ1) is 9.89. The standard InChI is InChI=1S/C15H19F3N2O/c1-11(20-9-5-2-6-10-20)14(21)19-13-8-4-3-7-12(13)15(16,17)18/h3-4,7-8,11H,2,5-6,9-10H2,1H3,(H,19,21)/p+1/t11-/m0/s1. The number of anilines is 1. The summed E-state index contributed by atoms with van der Waals surface area (Å²) in [6.07, 6.45) is -1.18. The van der Waals surface area contributed by atoms with Gasteiger partial charge in [0.25, 0.3) is 5.91 Å². The second-order valence-electron chi connectivity index (χ2n) is 5.47. The first kappa shape index (κ1) is 15.8. The molecule has 2 rings (SSSR count). The number of benzene rings is 1. The average molecular weight is 301 g/mol. The zero-order valence-electron chi connectivity index (χ0n) is 12.0.